The first-order valence-electron chi connectivity index (χ1n) is 8.88. The number of aromatic nitrogens is 3. The molecule has 4 rings (SSSR count). The van der Waals surface area contributed by atoms with Crippen LogP contribution in [0.2, 0.25) is 0 Å². The first-order valence-corrected chi connectivity index (χ1v) is 8.88. The van der Waals surface area contributed by atoms with Gasteiger partial charge >= 0.3 is 0 Å². The molecule has 4 heterocycles. The fourth-order valence-corrected chi connectivity index (χ4v) is 2.87. The molecule has 1 aliphatic rings. The van der Waals surface area contributed by atoms with Gasteiger partial charge < -0.3 is 20.0 Å². The molecule has 0 radical (unpaired) electrons. The number of oxazole rings is 1. The van der Waals surface area contributed by atoms with Crippen LogP contribution in [0.1, 0.15) is 12.5 Å². The summed E-state index contributed by atoms with van der Waals surface area (Å²) in [5, 5.41) is 6.00. The molecule has 1 amide bonds. The molecule has 3 aromatic rings. The maximum Gasteiger partial charge on any atom is 0.298 e. The SMILES string of the molecule is CCc1ccnc(Nc2cccc(-c3cnc(N4CCNC(=O)C4)o3)n2)c1. The highest BCUT2D eigenvalue weighted by atomic mass is 16.4. The minimum Gasteiger partial charge on any atom is -0.422 e. The highest BCUT2D eigenvalue weighted by molar-refractivity contribution is 5.81. The molecule has 8 nitrogen and oxygen atoms in total. The fraction of sp³-hybridized carbons (Fsp3) is 0.263. The van der Waals surface area contributed by atoms with Crippen molar-refractivity contribution in [2.45, 2.75) is 13.3 Å². The molecular weight excluding hydrogens is 344 g/mol. The van der Waals surface area contributed by atoms with E-state index in [1.165, 1.54) is 5.56 Å². The number of piperazine rings is 1. The van der Waals surface area contributed by atoms with E-state index in [0.717, 1.165) is 12.2 Å². The van der Waals surface area contributed by atoms with Crippen LogP contribution in [0, 0.1) is 0 Å². The van der Waals surface area contributed by atoms with E-state index in [-0.39, 0.29) is 12.5 Å². The molecule has 8 heteroatoms. The zero-order valence-electron chi connectivity index (χ0n) is 15.0. The normalized spacial score (nSPS) is 14.1. The summed E-state index contributed by atoms with van der Waals surface area (Å²) in [5.74, 6) is 1.93. The van der Waals surface area contributed by atoms with Gasteiger partial charge in [-0.25, -0.2) is 15.0 Å². The van der Waals surface area contributed by atoms with Crippen molar-refractivity contribution in [2.75, 3.05) is 29.9 Å². The smallest absolute Gasteiger partial charge is 0.298 e. The summed E-state index contributed by atoms with van der Waals surface area (Å²) >= 11 is 0. The second kappa shape index (κ2) is 7.45. The Morgan fingerprint density at radius 3 is 3.04 bits per heavy atom. The maximum absolute atomic E-state index is 11.5. The summed E-state index contributed by atoms with van der Waals surface area (Å²) in [5.41, 5.74) is 1.86. The molecule has 0 aliphatic carbocycles. The van der Waals surface area contributed by atoms with E-state index in [4.69, 9.17) is 4.42 Å². The van der Waals surface area contributed by atoms with Gasteiger partial charge in [0.2, 0.25) is 5.91 Å². The van der Waals surface area contributed by atoms with Gasteiger partial charge in [-0.05, 0) is 36.2 Å². The van der Waals surface area contributed by atoms with Crippen molar-refractivity contribution in [3.8, 4) is 11.5 Å². The van der Waals surface area contributed by atoms with Gasteiger partial charge in [0, 0.05) is 19.3 Å². The van der Waals surface area contributed by atoms with Crippen molar-refractivity contribution >= 4 is 23.6 Å². The van der Waals surface area contributed by atoms with Gasteiger partial charge in [-0.3, -0.25) is 4.79 Å². The lowest BCUT2D eigenvalue weighted by Crippen LogP contribution is -2.47. The van der Waals surface area contributed by atoms with E-state index >= 15 is 0 Å². The van der Waals surface area contributed by atoms with E-state index in [9.17, 15) is 4.79 Å². The quantitative estimate of drug-likeness (QED) is 0.717. The van der Waals surface area contributed by atoms with E-state index in [2.05, 4.69) is 32.5 Å². The molecular formula is C19H20N6O2. The zero-order valence-corrected chi connectivity index (χ0v) is 15.0. The fourth-order valence-electron chi connectivity index (χ4n) is 2.87. The van der Waals surface area contributed by atoms with Crippen molar-refractivity contribution in [3.63, 3.8) is 0 Å². The number of carbonyl (C=O) groups is 1. The number of nitrogens with one attached hydrogen (secondary N) is 2. The largest absolute Gasteiger partial charge is 0.422 e. The van der Waals surface area contributed by atoms with Gasteiger partial charge in [0.1, 0.15) is 23.9 Å². The summed E-state index contributed by atoms with van der Waals surface area (Å²) in [7, 11) is 0. The predicted octanol–water partition coefficient (Wildman–Crippen LogP) is 2.37. The molecule has 0 spiro atoms. The van der Waals surface area contributed by atoms with Gasteiger partial charge in [0.25, 0.3) is 6.01 Å². The van der Waals surface area contributed by atoms with Crippen LogP contribution < -0.4 is 15.5 Å². The topological polar surface area (TPSA) is 96.2 Å². The molecule has 27 heavy (non-hydrogen) atoms. The number of hydrogen-bond donors (Lipinski definition) is 2. The zero-order chi connectivity index (χ0) is 18.6. The van der Waals surface area contributed by atoms with E-state index in [1.807, 2.05) is 35.2 Å². The molecule has 0 saturated carbocycles. The van der Waals surface area contributed by atoms with Crippen molar-refractivity contribution in [2.24, 2.45) is 0 Å². The van der Waals surface area contributed by atoms with E-state index < -0.39 is 0 Å². The Bertz CT molecular complexity index is 955. The number of anilines is 3. The first kappa shape index (κ1) is 17.0. The maximum atomic E-state index is 11.5. The Morgan fingerprint density at radius 2 is 2.19 bits per heavy atom. The second-order valence-electron chi connectivity index (χ2n) is 6.21. The van der Waals surface area contributed by atoms with Crippen LogP contribution in [-0.2, 0) is 11.2 Å². The molecule has 2 N–H and O–H groups in total. The lowest BCUT2D eigenvalue weighted by Gasteiger charge is -2.24. The van der Waals surface area contributed by atoms with Crippen LogP contribution in [0.25, 0.3) is 11.5 Å². The van der Waals surface area contributed by atoms with Gasteiger partial charge in [-0.1, -0.05) is 13.0 Å². The number of hydrogen-bond acceptors (Lipinski definition) is 7. The highest BCUT2D eigenvalue weighted by Gasteiger charge is 2.21. The lowest BCUT2D eigenvalue weighted by atomic mass is 10.2. The Morgan fingerprint density at radius 1 is 1.26 bits per heavy atom. The van der Waals surface area contributed by atoms with Gasteiger partial charge in [-0.2, -0.15) is 0 Å². The standard InChI is InChI=1S/C19H20N6O2/c1-2-13-6-7-20-17(10-13)24-16-5-3-4-14(23-16)15-11-22-19(27-15)25-9-8-21-18(26)12-25/h3-7,10-11H,2,8-9,12H2,1H3,(H,21,26)(H,20,23,24). The molecule has 0 unspecified atom stereocenters. The molecule has 138 valence electrons. The van der Waals surface area contributed by atoms with Crippen LogP contribution in [0.3, 0.4) is 0 Å². The molecule has 1 saturated heterocycles. The average molecular weight is 364 g/mol. The van der Waals surface area contributed by atoms with E-state index in [1.54, 1.807) is 12.4 Å². The number of aryl methyl sites for hydroxylation is 1. The Kier molecular flexibility index (Phi) is 4.69. The molecule has 0 aromatic carbocycles. The first-order chi connectivity index (χ1) is 13.2. The number of nitrogens with zero attached hydrogens (tertiary/aromatic N) is 4. The summed E-state index contributed by atoms with van der Waals surface area (Å²) in [6.07, 6.45) is 4.35. The molecule has 1 fully saturated rings. The van der Waals surface area contributed by atoms with Crippen molar-refractivity contribution in [1.29, 1.82) is 0 Å². The number of pyridine rings is 2. The molecule has 0 bridgehead atoms. The molecule has 3 aromatic heterocycles. The van der Waals surface area contributed by atoms with Crippen LogP contribution in [-0.4, -0.2) is 40.5 Å². The molecule has 0 atom stereocenters. The van der Waals surface area contributed by atoms with Crippen molar-refractivity contribution < 1.29 is 9.21 Å². The third-order valence-corrected chi connectivity index (χ3v) is 4.29. The summed E-state index contributed by atoms with van der Waals surface area (Å²) in [6.45, 7) is 3.60. The Hall–Kier alpha value is -3.42. The highest BCUT2D eigenvalue weighted by Crippen LogP contribution is 2.25. The molecule has 1 aliphatic heterocycles. The average Bonchev–Trinajstić information content (AvgIpc) is 3.19. The van der Waals surface area contributed by atoms with Crippen molar-refractivity contribution in [3.05, 3.63) is 48.3 Å². The monoisotopic (exact) mass is 364 g/mol. The lowest BCUT2D eigenvalue weighted by molar-refractivity contribution is -0.120. The summed E-state index contributed by atoms with van der Waals surface area (Å²) in [4.78, 5) is 26.6. The Balaban J connectivity index is 1.53. The number of amides is 1. The predicted molar refractivity (Wildman–Crippen MR) is 102 cm³/mol. The van der Waals surface area contributed by atoms with Crippen LogP contribution in [0.5, 0.6) is 0 Å². The van der Waals surface area contributed by atoms with E-state index in [0.29, 0.717) is 36.4 Å². The second-order valence-corrected chi connectivity index (χ2v) is 6.21. The summed E-state index contributed by atoms with van der Waals surface area (Å²) in [6, 6.07) is 10.0. The van der Waals surface area contributed by atoms with Crippen LogP contribution in [0.4, 0.5) is 17.7 Å². The van der Waals surface area contributed by atoms with Crippen molar-refractivity contribution in [1.82, 2.24) is 20.3 Å². The van der Waals surface area contributed by atoms with Crippen LogP contribution >= 0.6 is 0 Å². The third-order valence-electron chi connectivity index (χ3n) is 4.29. The number of carbonyl (C=O) groups excluding carboxylic acids is 1. The van der Waals surface area contributed by atoms with Crippen LogP contribution in [0.15, 0.2) is 47.1 Å². The third kappa shape index (κ3) is 3.89. The van der Waals surface area contributed by atoms with Gasteiger partial charge in [0.05, 0.1) is 6.20 Å². The number of rotatable bonds is 5. The summed E-state index contributed by atoms with van der Waals surface area (Å²) < 4.78 is 5.83. The minimum absolute atomic E-state index is 0.0351. The van der Waals surface area contributed by atoms with Gasteiger partial charge in [-0.15, -0.1) is 0 Å². The minimum atomic E-state index is -0.0351. The Labute approximate surface area is 156 Å². The van der Waals surface area contributed by atoms with Gasteiger partial charge in [0.15, 0.2) is 5.76 Å².